The minimum atomic E-state index is -1.44. The molecule has 2 aromatic heterocycles. The zero-order valence-corrected chi connectivity index (χ0v) is 21.6. The molecular formula is C27H20N4O5S2. The van der Waals surface area contributed by atoms with Crippen LogP contribution in [0, 0.1) is 6.92 Å². The number of benzene rings is 3. The number of para-hydroxylation sites is 1. The van der Waals surface area contributed by atoms with Gasteiger partial charge in [-0.05, 0) is 42.8 Å². The molecule has 0 saturated carbocycles. The maximum absolute atomic E-state index is 13.3. The Bertz CT molecular complexity index is 1650. The van der Waals surface area contributed by atoms with Crippen molar-refractivity contribution in [1.82, 2.24) is 9.97 Å². The molecule has 0 saturated heterocycles. The molecular weight excluding hydrogens is 524 g/mol. The fourth-order valence-electron chi connectivity index (χ4n) is 4.12. The maximum Gasteiger partial charge on any atom is 0.512 e. The molecule has 2 amide bonds. The van der Waals surface area contributed by atoms with E-state index in [-0.39, 0.29) is 11.9 Å². The standard InChI is InChI=1S/C27H20N4O5S2/c1-15-6-8-16(9-7-15)22-23(36-27(33)34)29-24(38-22)17-10-11-20-19(14-17)31(12-13-35-20)26(32)30-25-28-18-4-2-3-5-21(18)37-25/h2-11,14H,12-13H2,1H3,(H,33,34)(H,28,30,32). The molecule has 6 rings (SSSR count). The van der Waals surface area contributed by atoms with Gasteiger partial charge in [0, 0.05) is 5.56 Å². The van der Waals surface area contributed by atoms with E-state index >= 15 is 0 Å². The Morgan fingerprint density at radius 1 is 1.03 bits per heavy atom. The number of hydrogen-bond acceptors (Lipinski definition) is 8. The summed E-state index contributed by atoms with van der Waals surface area (Å²) in [6, 6.07) is 20.5. The van der Waals surface area contributed by atoms with E-state index in [1.54, 1.807) is 11.0 Å². The van der Waals surface area contributed by atoms with Crippen molar-refractivity contribution in [2.45, 2.75) is 6.92 Å². The lowest BCUT2D eigenvalue weighted by Gasteiger charge is -2.29. The van der Waals surface area contributed by atoms with Gasteiger partial charge in [0.25, 0.3) is 0 Å². The average molecular weight is 545 g/mol. The van der Waals surface area contributed by atoms with Gasteiger partial charge in [-0.25, -0.2) is 19.6 Å². The molecule has 0 bridgehead atoms. The molecule has 3 heterocycles. The molecule has 2 N–H and O–H groups in total. The number of hydrogen-bond donors (Lipinski definition) is 2. The van der Waals surface area contributed by atoms with Crippen LogP contribution in [0.25, 0.3) is 31.2 Å². The SMILES string of the molecule is Cc1ccc(-c2sc(-c3ccc4c(c3)N(C(=O)Nc3nc5ccccc5s3)CCO4)nc2OC(=O)O)cc1. The fraction of sp³-hybridized carbons (Fsp3) is 0.111. The summed E-state index contributed by atoms with van der Waals surface area (Å²) in [5.41, 5.74) is 3.99. The summed E-state index contributed by atoms with van der Waals surface area (Å²) in [6.07, 6.45) is -1.44. The van der Waals surface area contributed by atoms with Crippen molar-refractivity contribution in [3.8, 4) is 32.6 Å². The zero-order chi connectivity index (χ0) is 26.2. The lowest BCUT2D eigenvalue weighted by Crippen LogP contribution is -2.40. The van der Waals surface area contributed by atoms with E-state index in [4.69, 9.17) is 9.47 Å². The molecule has 5 aromatic rings. The summed E-state index contributed by atoms with van der Waals surface area (Å²) in [5.74, 6) is 0.581. The molecule has 0 spiro atoms. The summed E-state index contributed by atoms with van der Waals surface area (Å²) < 4.78 is 11.8. The number of urea groups is 1. The molecule has 0 aliphatic carbocycles. The molecule has 0 radical (unpaired) electrons. The van der Waals surface area contributed by atoms with Crippen LogP contribution in [-0.2, 0) is 0 Å². The number of rotatable bonds is 4. The van der Waals surface area contributed by atoms with Crippen LogP contribution >= 0.6 is 22.7 Å². The summed E-state index contributed by atoms with van der Waals surface area (Å²) in [6.45, 7) is 2.68. The van der Waals surface area contributed by atoms with Gasteiger partial charge in [-0.3, -0.25) is 10.2 Å². The Morgan fingerprint density at radius 3 is 2.61 bits per heavy atom. The van der Waals surface area contributed by atoms with Crippen LogP contribution in [0.15, 0.2) is 66.7 Å². The quantitative estimate of drug-likeness (QED) is 0.237. The number of nitrogens with zero attached hydrogens (tertiary/aromatic N) is 3. The van der Waals surface area contributed by atoms with Crippen molar-refractivity contribution in [3.05, 3.63) is 72.3 Å². The summed E-state index contributed by atoms with van der Waals surface area (Å²) in [4.78, 5) is 35.8. The van der Waals surface area contributed by atoms with E-state index in [1.807, 2.05) is 67.6 Å². The highest BCUT2D eigenvalue weighted by Crippen LogP contribution is 2.43. The van der Waals surface area contributed by atoms with E-state index in [1.165, 1.54) is 22.7 Å². The van der Waals surface area contributed by atoms with E-state index < -0.39 is 6.16 Å². The molecule has 0 atom stereocenters. The van der Waals surface area contributed by atoms with E-state index in [0.29, 0.717) is 45.2 Å². The first-order valence-electron chi connectivity index (χ1n) is 11.6. The van der Waals surface area contributed by atoms with Crippen molar-refractivity contribution >= 4 is 55.9 Å². The number of carboxylic acid groups (broad SMARTS) is 1. The van der Waals surface area contributed by atoms with Gasteiger partial charge in [0.2, 0.25) is 5.88 Å². The number of fused-ring (bicyclic) bond motifs is 2. The van der Waals surface area contributed by atoms with Gasteiger partial charge in [0.15, 0.2) is 5.13 Å². The fourth-order valence-corrected chi connectivity index (χ4v) is 5.97. The van der Waals surface area contributed by atoms with Crippen molar-refractivity contribution in [2.75, 3.05) is 23.4 Å². The van der Waals surface area contributed by atoms with Crippen LogP contribution in [-0.4, -0.2) is 40.4 Å². The zero-order valence-electron chi connectivity index (χ0n) is 20.0. The van der Waals surface area contributed by atoms with Gasteiger partial charge in [0.05, 0.1) is 27.3 Å². The Labute approximate surface area is 224 Å². The molecule has 9 nitrogen and oxygen atoms in total. The first-order chi connectivity index (χ1) is 18.4. The molecule has 0 fully saturated rings. The lowest BCUT2D eigenvalue weighted by atomic mass is 10.1. The topological polar surface area (TPSA) is 114 Å². The van der Waals surface area contributed by atoms with E-state index in [2.05, 4.69) is 15.3 Å². The smallest absolute Gasteiger partial charge is 0.490 e. The van der Waals surface area contributed by atoms with Crippen molar-refractivity contribution in [2.24, 2.45) is 0 Å². The third-order valence-corrected chi connectivity index (χ3v) is 8.00. The Hall–Kier alpha value is -4.48. The Kier molecular flexibility index (Phi) is 6.14. The molecule has 0 unspecified atom stereocenters. The van der Waals surface area contributed by atoms with Gasteiger partial charge in [-0.1, -0.05) is 53.3 Å². The summed E-state index contributed by atoms with van der Waals surface area (Å²) in [5, 5.41) is 13.2. The average Bonchev–Trinajstić information content (AvgIpc) is 3.51. The first kappa shape index (κ1) is 23.9. The monoisotopic (exact) mass is 544 g/mol. The Balaban J connectivity index is 1.33. The van der Waals surface area contributed by atoms with Crippen molar-refractivity contribution in [3.63, 3.8) is 0 Å². The molecule has 1 aliphatic rings. The van der Waals surface area contributed by atoms with Gasteiger partial charge >= 0.3 is 12.2 Å². The second kappa shape index (κ2) is 9.77. The third kappa shape index (κ3) is 4.64. The minimum absolute atomic E-state index is 0.0146. The number of carbonyl (C=O) groups excluding carboxylic acids is 1. The first-order valence-corrected chi connectivity index (χ1v) is 13.3. The predicted molar refractivity (Wildman–Crippen MR) is 148 cm³/mol. The van der Waals surface area contributed by atoms with Gasteiger partial charge in [0.1, 0.15) is 17.4 Å². The van der Waals surface area contributed by atoms with Crippen LogP contribution < -0.4 is 19.7 Å². The Morgan fingerprint density at radius 2 is 1.82 bits per heavy atom. The third-order valence-electron chi connectivity index (χ3n) is 5.92. The highest BCUT2D eigenvalue weighted by atomic mass is 32.1. The van der Waals surface area contributed by atoms with Crippen LogP contribution in [0.4, 0.5) is 20.4 Å². The number of anilines is 2. The predicted octanol–water partition coefficient (Wildman–Crippen LogP) is 6.88. The minimum Gasteiger partial charge on any atom is -0.490 e. The maximum atomic E-state index is 13.3. The van der Waals surface area contributed by atoms with Crippen LogP contribution in [0.2, 0.25) is 0 Å². The number of carbonyl (C=O) groups is 2. The van der Waals surface area contributed by atoms with Crippen LogP contribution in [0.1, 0.15) is 5.56 Å². The number of nitrogens with one attached hydrogen (secondary N) is 1. The number of aryl methyl sites for hydroxylation is 1. The van der Waals surface area contributed by atoms with Crippen molar-refractivity contribution < 1.29 is 24.2 Å². The van der Waals surface area contributed by atoms with Gasteiger partial charge in [-0.2, -0.15) is 0 Å². The van der Waals surface area contributed by atoms with Crippen LogP contribution in [0.3, 0.4) is 0 Å². The van der Waals surface area contributed by atoms with E-state index in [9.17, 15) is 14.7 Å². The molecule has 38 heavy (non-hydrogen) atoms. The second-order valence-electron chi connectivity index (χ2n) is 8.49. The number of ether oxygens (including phenoxy) is 2. The van der Waals surface area contributed by atoms with Gasteiger partial charge in [-0.15, -0.1) is 11.3 Å². The van der Waals surface area contributed by atoms with Crippen molar-refractivity contribution in [1.29, 1.82) is 0 Å². The van der Waals surface area contributed by atoms with Gasteiger partial charge < -0.3 is 14.6 Å². The highest BCUT2D eigenvalue weighted by molar-refractivity contribution is 7.22. The number of thiazole rings is 2. The van der Waals surface area contributed by atoms with Crippen LogP contribution in [0.5, 0.6) is 11.6 Å². The normalized spacial score (nSPS) is 12.6. The molecule has 11 heteroatoms. The number of aromatic nitrogens is 2. The second-order valence-corrected chi connectivity index (χ2v) is 10.5. The molecule has 190 valence electrons. The molecule has 3 aromatic carbocycles. The number of amides is 2. The lowest BCUT2D eigenvalue weighted by molar-refractivity contribution is 0.143. The largest absolute Gasteiger partial charge is 0.512 e. The summed E-state index contributed by atoms with van der Waals surface area (Å²) >= 11 is 2.72. The highest BCUT2D eigenvalue weighted by Gasteiger charge is 2.26. The van der Waals surface area contributed by atoms with E-state index in [0.717, 1.165) is 21.3 Å². The molecule has 1 aliphatic heterocycles. The summed E-state index contributed by atoms with van der Waals surface area (Å²) in [7, 11) is 0.